The van der Waals surface area contributed by atoms with E-state index in [1.165, 1.54) is 11.3 Å². The summed E-state index contributed by atoms with van der Waals surface area (Å²) >= 11 is 9.25. The highest BCUT2D eigenvalue weighted by molar-refractivity contribution is 7.99. The van der Waals surface area contributed by atoms with Crippen molar-refractivity contribution < 1.29 is 4.79 Å². The van der Waals surface area contributed by atoms with Gasteiger partial charge in [-0.3, -0.25) is 4.79 Å². The minimum absolute atomic E-state index is 0.131. The highest BCUT2D eigenvalue weighted by Crippen LogP contribution is 2.25. The zero-order valence-corrected chi connectivity index (χ0v) is 13.7. The number of amides is 1. The topological polar surface area (TPSA) is 23.6 Å². The van der Waals surface area contributed by atoms with Crippen LogP contribution in [-0.2, 0) is 0 Å². The van der Waals surface area contributed by atoms with Gasteiger partial charge in [0.05, 0.1) is 15.3 Å². The molecule has 106 valence electrons. The predicted molar refractivity (Wildman–Crippen MR) is 84.6 cm³/mol. The fourth-order valence-corrected chi connectivity index (χ4v) is 4.30. The normalized spacial score (nSPS) is 20.6. The molecule has 1 aromatic rings. The van der Waals surface area contributed by atoms with Crippen LogP contribution in [0.4, 0.5) is 0 Å². The summed E-state index contributed by atoms with van der Waals surface area (Å²) in [5, 5.41) is 0. The monoisotopic (exact) mass is 318 g/mol. The third kappa shape index (κ3) is 4.12. The van der Waals surface area contributed by atoms with Crippen molar-refractivity contribution in [3.05, 3.63) is 21.3 Å². The molecule has 0 saturated carbocycles. The average Bonchev–Trinajstić information content (AvgIpc) is 2.65. The van der Waals surface area contributed by atoms with Gasteiger partial charge in [0.1, 0.15) is 0 Å². The maximum atomic E-state index is 12.6. The molecular weight excluding hydrogens is 300 g/mol. The van der Waals surface area contributed by atoms with Crippen LogP contribution in [-0.4, -0.2) is 60.4 Å². The molecule has 0 aromatic carbocycles. The maximum absolute atomic E-state index is 12.6. The molecule has 2 rings (SSSR count). The fraction of sp³-hybridized carbons (Fsp3) is 0.615. The van der Waals surface area contributed by atoms with Crippen LogP contribution in [0.5, 0.6) is 0 Å². The summed E-state index contributed by atoms with van der Waals surface area (Å²) in [7, 11) is 4.11. The molecule has 0 spiro atoms. The third-order valence-corrected chi connectivity index (χ3v) is 5.48. The number of nitrogens with zero attached hydrogens (tertiary/aromatic N) is 2. The van der Waals surface area contributed by atoms with E-state index in [9.17, 15) is 4.79 Å². The van der Waals surface area contributed by atoms with Crippen molar-refractivity contribution in [1.29, 1.82) is 0 Å². The summed E-state index contributed by atoms with van der Waals surface area (Å²) in [4.78, 5) is 17.5. The van der Waals surface area contributed by atoms with E-state index in [-0.39, 0.29) is 11.9 Å². The largest absolute Gasteiger partial charge is 0.333 e. The van der Waals surface area contributed by atoms with E-state index >= 15 is 0 Å². The lowest BCUT2D eigenvalue weighted by Crippen LogP contribution is -2.46. The van der Waals surface area contributed by atoms with E-state index in [1.807, 2.05) is 22.7 Å². The first-order valence-electron chi connectivity index (χ1n) is 6.36. The van der Waals surface area contributed by atoms with Crippen LogP contribution in [0.15, 0.2) is 12.1 Å². The van der Waals surface area contributed by atoms with Crippen LogP contribution in [0.25, 0.3) is 0 Å². The third-order valence-electron chi connectivity index (χ3n) is 3.06. The summed E-state index contributed by atoms with van der Waals surface area (Å²) in [5.41, 5.74) is 0. The molecule has 0 radical (unpaired) electrons. The Hall–Kier alpha value is -0.230. The second-order valence-electron chi connectivity index (χ2n) is 4.95. The molecule has 1 fully saturated rings. The molecule has 1 unspecified atom stereocenters. The van der Waals surface area contributed by atoms with Gasteiger partial charge in [-0.15, -0.1) is 11.3 Å². The van der Waals surface area contributed by atoms with Gasteiger partial charge in [0, 0.05) is 18.8 Å². The SMILES string of the molecule is CN(C)CC1CSCCCN1C(=O)c1ccc(Cl)s1. The van der Waals surface area contributed by atoms with Crippen molar-refractivity contribution in [2.24, 2.45) is 0 Å². The zero-order valence-electron chi connectivity index (χ0n) is 11.3. The van der Waals surface area contributed by atoms with Crippen molar-refractivity contribution >= 4 is 40.6 Å². The first-order chi connectivity index (χ1) is 9.08. The summed E-state index contributed by atoms with van der Waals surface area (Å²) < 4.78 is 0.678. The quantitative estimate of drug-likeness (QED) is 0.856. The summed E-state index contributed by atoms with van der Waals surface area (Å²) in [6.45, 7) is 1.76. The molecule has 1 aliphatic heterocycles. The summed E-state index contributed by atoms with van der Waals surface area (Å²) in [5.74, 6) is 2.29. The molecule has 0 aliphatic carbocycles. The zero-order chi connectivity index (χ0) is 13.8. The van der Waals surface area contributed by atoms with Gasteiger partial charge in [-0.25, -0.2) is 0 Å². The molecule has 0 N–H and O–H groups in total. The molecule has 2 heterocycles. The minimum Gasteiger partial charge on any atom is -0.333 e. The van der Waals surface area contributed by atoms with Gasteiger partial charge in [-0.1, -0.05) is 11.6 Å². The molecule has 1 saturated heterocycles. The van der Waals surface area contributed by atoms with Crippen LogP contribution in [0.1, 0.15) is 16.1 Å². The molecule has 1 amide bonds. The van der Waals surface area contributed by atoms with Crippen LogP contribution < -0.4 is 0 Å². The Kier molecular flexibility index (Phi) is 5.57. The second-order valence-corrected chi connectivity index (χ2v) is 7.81. The van der Waals surface area contributed by atoms with Gasteiger partial charge >= 0.3 is 0 Å². The number of halogens is 1. The molecule has 1 aromatic heterocycles. The second kappa shape index (κ2) is 6.97. The summed E-state index contributed by atoms with van der Waals surface area (Å²) in [6, 6.07) is 3.92. The number of thiophene rings is 1. The van der Waals surface area contributed by atoms with E-state index in [4.69, 9.17) is 11.6 Å². The van der Waals surface area contributed by atoms with Crippen molar-refractivity contribution in [3.63, 3.8) is 0 Å². The molecule has 1 atom stereocenters. The van der Waals surface area contributed by atoms with Crippen molar-refractivity contribution in [3.8, 4) is 0 Å². The van der Waals surface area contributed by atoms with Gasteiger partial charge in [-0.2, -0.15) is 11.8 Å². The minimum atomic E-state index is 0.131. The molecule has 0 bridgehead atoms. The van der Waals surface area contributed by atoms with Gasteiger partial charge in [0.2, 0.25) is 0 Å². The first kappa shape index (κ1) is 15.2. The standard InChI is InChI=1S/C13H19ClN2OS2/c1-15(2)8-10-9-18-7-3-6-16(10)13(17)11-4-5-12(14)19-11/h4-5,10H,3,6-9H2,1-2H3. The number of carbonyl (C=O) groups excluding carboxylic acids is 1. The highest BCUT2D eigenvalue weighted by Gasteiger charge is 2.27. The number of rotatable bonds is 3. The van der Waals surface area contributed by atoms with Gasteiger partial charge < -0.3 is 9.80 Å². The Morgan fingerprint density at radius 2 is 2.32 bits per heavy atom. The van der Waals surface area contributed by atoms with Gasteiger partial charge in [0.25, 0.3) is 5.91 Å². The van der Waals surface area contributed by atoms with Crippen molar-refractivity contribution in [1.82, 2.24) is 9.80 Å². The number of likely N-dealkylation sites (N-methyl/N-ethyl adjacent to an activating group) is 1. The number of hydrogen-bond acceptors (Lipinski definition) is 4. The van der Waals surface area contributed by atoms with Crippen LogP contribution in [0.3, 0.4) is 0 Å². The Morgan fingerprint density at radius 3 is 2.95 bits per heavy atom. The maximum Gasteiger partial charge on any atom is 0.264 e. The summed E-state index contributed by atoms with van der Waals surface area (Å²) in [6.07, 6.45) is 1.07. The molecule has 1 aliphatic rings. The van der Waals surface area contributed by atoms with E-state index in [0.717, 1.165) is 35.9 Å². The van der Waals surface area contributed by atoms with E-state index in [2.05, 4.69) is 19.0 Å². The molecule has 6 heteroatoms. The van der Waals surface area contributed by atoms with Crippen LogP contribution >= 0.6 is 34.7 Å². The first-order valence-corrected chi connectivity index (χ1v) is 8.71. The lowest BCUT2D eigenvalue weighted by atomic mass is 10.2. The lowest BCUT2D eigenvalue weighted by molar-refractivity contribution is 0.0680. The molecule has 3 nitrogen and oxygen atoms in total. The van der Waals surface area contributed by atoms with Gasteiger partial charge in [0.15, 0.2) is 0 Å². The molecule has 19 heavy (non-hydrogen) atoms. The average molecular weight is 319 g/mol. The number of hydrogen-bond donors (Lipinski definition) is 0. The Labute approximate surface area is 127 Å². The van der Waals surface area contributed by atoms with E-state index in [0.29, 0.717) is 4.34 Å². The lowest BCUT2D eigenvalue weighted by Gasteiger charge is -2.31. The van der Waals surface area contributed by atoms with Crippen LogP contribution in [0, 0.1) is 0 Å². The van der Waals surface area contributed by atoms with Crippen molar-refractivity contribution in [2.45, 2.75) is 12.5 Å². The van der Waals surface area contributed by atoms with Crippen molar-refractivity contribution in [2.75, 3.05) is 38.7 Å². The predicted octanol–water partition coefficient (Wildman–Crippen LogP) is 2.91. The Balaban J connectivity index is 2.14. The van der Waals surface area contributed by atoms with Gasteiger partial charge in [-0.05, 0) is 38.4 Å². The Bertz CT molecular complexity index is 436. The number of carbonyl (C=O) groups is 1. The Morgan fingerprint density at radius 1 is 1.53 bits per heavy atom. The van der Waals surface area contributed by atoms with E-state index in [1.54, 1.807) is 6.07 Å². The highest BCUT2D eigenvalue weighted by atomic mass is 35.5. The van der Waals surface area contributed by atoms with E-state index < -0.39 is 0 Å². The smallest absolute Gasteiger partial charge is 0.264 e. The van der Waals surface area contributed by atoms with Crippen LogP contribution in [0.2, 0.25) is 4.34 Å². The number of thioether (sulfide) groups is 1. The fourth-order valence-electron chi connectivity index (χ4n) is 2.24. The molecular formula is C13H19ClN2OS2.